The van der Waals surface area contributed by atoms with Gasteiger partial charge in [-0.05, 0) is 23.8 Å². The number of carbonyl (C=O) groups is 1. The van der Waals surface area contributed by atoms with Crippen LogP contribution in [0, 0.1) is 0 Å². The molecule has 1 atom stereocenters. The van der Waals surface area contributed by atoms with Crippen LogP contribution in [0.1, 0.15) is 6.04 Å². The second-order valence-corrected chi connectivity index (χ2v) is 6.60. The van der Waals surface area contributed by atoms with Crippen molar-refractivity contribution < 1.29 is 9.90 Å². The number of carboxylic acids is 1. The van der Waals surface area contributed by atoms with Gasteiger partial charge in [0.25, 0.3) is 5.56 Å². The zero-order valence-corrected chi connectivity index (χ0v) is 15.3. The maximum Gasteiger partial charge on any atom is 0.327 e. The number of rotatable bonds is 4. The molecule has 1 N–H and O–H groups in total. The first-order valence-electron chi connectivity index (χ1n) is 7.86. The highest BCUT2D eigenvalue weighted by Crippen LogP contribution is 2.25. The molecule has 0 fully saturated rings. The van der Waals surface area contributed by atoms with Crippen LogP contribution < -0.4 is 5.56 Å². The standard InChI is InChI=1S/C17H12ClN5O3S/c18-10-3-1-9(2-4-10)11-7-19-23-12-5-6-22(13(8-27)17(25)26)16(24)14(12)20-21-15(11)23/h1-7,13,27H,8H2,(H,25,26). The Balaban J connectivity index is 1.93. The van der Waals surface area contributed by atoms with E-state index < -0.39 is 17.6 Å². The number of hydrogen-bond acceptors (Lipinski definition) is 6. The minimum atomic E-state index is -1.15. The summed E-state index contributed by atoms with van der Waals surface area (Å²) in [5, 5.41) is 22.4. The van der Waals surface area contributed by atoms with Crippen molar-refractivity contribution in [3.63, 3.8) is 0 Å². The average molecular weight is 402 g/mol. The Kier molecular flexibility index (Phi) is 4.33. The lowest BCUT2D eigenvalue weighted by Gasteiger charge is -2.13. The van der Waals surface area contributed by atoms with Crippen molar-refractivity contribution in [2.45, 2.75) is 6.04 Å². The molecule has 4 aromatic rings. The summed E-state index contributed by atoms with van der Waals surface area (Å²) in [4.78, 5) is 24.0. The van der Waals surface area contributed by atoms with Gasteiger partial charge in [0.05, 0.1) is 6.20 Å². The van der Waals surface area contributed by atoms with Crippen LogP contribution >= 0.6 is 24.2 Å². The first-order valence-corrected chi connectivity index (χ1v) is 8.87. The SMILES string of the molecule is O=C(O)C(CS)n1ccc2c(nnc3c(-c4ccc(Cl)cc4)cnn32)c1=O. The van der Waals surface area contributed by atoms with Crippen LogP contribution in [-0.4, -0.2) is 41.2 Å². The fourth-order valence-electron chi connectivity index (χ4n) is 2.87. The molecule has 0 aliphatic carbocycles. The Bertz CT molecular complexity index is 1240. The van der Waals surface area contributed by atoms with Gasteiger partial charge in [-0.25, -0.2) is 9.31 Å². The van der Waals surface area contributed by atoms with Crippen molar-refractivity contribution >= 4 is 46.9 Å². The molecule has 10 heteroatoms. The first kappa shape index (κ1) is 17.5. The molecule has 1 aromatic carbocycles. The van der Waals surface area contributed by atoms with Gasteiger partial charge in [0.2, 0.25) is 0 Å². The molecule has 0 radical (unpaired) electrons. The Labute approximate surface area is 162 Å². The Hall–Kier alpha value is -2.91. The zero-order chi connectivity index (χ0) is 19.1. The molecule has 0 aliphatic heterocycles. The third kappa shape index (κ3) is 2.84. The molecule has 0 aliphatic rings. The Morgan fingerprint density at radius 2 is 1.96 bits per heavy atom. The number of thiol groups is 1. The number of pyridine rings is 1. The summed E-state index contributed by atoms with van der Waals surface area (Å²) in [7, 11) is 0. The van der Waals surface area contributed by atoms with E-state index in [1.807, 2.05) is 12.1 Å². The molecule has 3 aromatic heterocycles. The monoisotopic (exact) mass is 401 g/mol. The summed E-state index contributed by atoms with van der Waals surface area (Å²) in [6, 6.07) is 7.70. The van der Waals surface area contributed by atoms with Crippen LogP contribution in [0.2, 0.25) is 5.02 Å². The van der Waals surface area contributed by atoms with Crippen LogP contribution in [0.3, 0.4) is 0 Å². The quantitative estimate of drug-likeness (QED) is 0.509. The fraction of sp³-hybridized carbons (Fsp3) is 0.118. The van der Waals surface area contributed by atoms with Crippen LogP contribution in [-0.2, 0) is 4.79 Å². The fourth-order valence-corrected chi connectivity index (χ4v) is 3.33. The molecular weight excluding hydrogens is 390 g/mol. The van der Waals surface area contributed by atoms with Crippen LogP contribution in [0.25, 0.3) is 27.8 Å². The smallest absolute Gasteiger partial charge is 0.327 e. The van der Waals surface area contributed by atoms with E-state index in [1.54, 1.807) is 24.4 Å². The predicted octanol–water partition coefficient (Wildman–Crippen LogP) is 2.32. The van der Waals surface area contributed by atoms with Crippen molar-refractivity contribution in [1.29, 1.82) is 0 Å². The topological polar surface area (TPSA) is 102 Å². The molecule has 8 nitrogen and oxygen atoms in total. The van der Waals surface area contributed by atoms with E-state index in [9.17, 15) is 14.7 Å². The third-order valence-electron chi connectivity index (χ3n) is 4.24. The maximum absolute atomic E-state index is 12.7. The van der Waals surface area contributed by atoms with E-state index in [1.165, 1.54) is 10.7 Å². The van der Waals surface area contributed by atoms with Gasteiger partial charge in [0.15, 0.2) is 11.2 Å². The molecular formula is C17H12ClN5O3S. The molecule has 0 saturated carbocycles. The molecule has 136 valence electrons. The summed E-state index contributed by atoms with van der Waals surface area (Å²) in [5.41, 5.74) is 1.98. The molecule has 0 amide bonds. The van der Waals surface area contributed by atoms with Crippen LogP contribution in [0.15, 0.2) is 47.5 Å². The number of carboxylic acid groups (broad SMARTS) is 1. The highest BCUT2D eigenvalue weighted by molar-refractivity contribution is 7.80. The minimum absolute atomic E-state index is 0.0289. The number of aliphatic carboxylic acids is 1. The summed E-state index contributed by atoms with van der Waals surface area (Å²) in [5.74, 6) is -1.18. The summed E-state index contributed by atoms with van der Waals surface area (Å²) < 4.78 is 2.59. The van der Waals surface area contributed by atoms with Gasteiger partial charge in [-0.1, -0.05) is 23.7 Å². The molecule has 0 saturated heterocycles. The molecule has 27 heavy (non-hydrogen) atoms. The van der Waals surface area contributed by atoms with Gasteiger partial charge >= 0.3 is 5.97 Å². The summed E-state index contributed by atoms with van der Waals surface area (Å²) in [6.45, 7) is 0. The van der Waals surface area contributed by atoms with Gasteiger partial charge < -0.3 is 5.11 Å². The lowest BCUT2D eigenvalue weighted by molar-refractivity contribution is -0.140. The van der Waals surface area contributed by atoms with E-state index in [0.29, 0.717) is 16.2 Å². The van der Waals surface area contributed by atoms with Gasteiger partial charge in [-0.2, -0.15) is 17.7 Å². The lowest BCUT2D eigenvalue weighted by atomic mass is 10.1. The zero-order valence-electron chi connectivity index (χ0n) is 13.7. The number of benzene rings is 1. The lowest BCUT2D eigenvalue weighted by Crippen LogP contribution is -2.31. The Morgan fingerprint density at radius 3 is 2.63 bits per heavy atom. The summed E-state index contributed by atoms with van der Waals surface area (Å²) in [6.07, 6.45) is 3.04. The van der Waals surface area contributed by atoms with Crippen molar-refractivity contribution in [3.05, 3.63) is 58.1 Å². The number of aromatic nitrogens is 5. The highest BCUT2D eigenvalue weighted by atomic mass is 35.5. The maximum atomic E-state index is 12.7. The van der Waals surface area contributed by atoms with Gasteiger partial charge in [0, 0.05) is 22.5 Å². The number of fused-ring (bicyclic) bond motifs is 3. The van der Waals surface area contributed by atoms with Gasteiger partial charge in [0.1, 0.15) is 11.6 Å². The summed E-state index contributed by atoms with van der Waals surface area (Å²) >= 11 is 9.94. The number of nitrogens with zero attached hydrogens (tertiary/aromatic N) is 5. The van der Waals surface area contributed by atoms with Crippen LogP contribution in [0.5, 0.6) is 0 Å². The normalized spacial score (nSPS) is 12.5. The predicted molar refractivity (Wildman–Crippen MR) is 104 cm³/mol. The largest absolute Gasteiger partial charge is 0.480 e. The van der Waals surface area contributed by atoms with E-state index >= 15 is 0 Å². The second kappa shape index (κ2) is 6.67. The van der Waals surface area contributed by atoms with E-state index in [0.717, 1.165) is 15.7 Å². The third-order valence-corrected chi connectivity index (χ3v) is 4.84. The minimum Gasteiger partial charge on any atom is -0.480 e. The van der Waals surface area contributed by atoms with Gasteiger partial charge in [-0.3, -0.25) is 9.36 Å². The highest BCUT2D eigenvalue weighted by Gasteiger charge is 2.21. The van der Waals surface area contributed by atoms with Crippen molar-refractivity contribution in [3.8, 4) is 11.1 Å². The molecule has 0 spiro atoms. The van der Waals surface area contributed by atoms with Gasteiger partial charge in [-0.15, -0.1) is 10.2 Å². The van der Waals surface area contributed by atoms with Crippen LogP contribution in [0.4, 0.5) is 0 Å². The van der Waals surface area contributed by atoms with E-state index in [2.05, 4.69) is 27.9 Å². The number of halogens is 1. The molecule has 0 bridgehead atoms. The van der Waals surface area contributed by atoms with E-state index in [-0.39, 0.29) is 11.3 Å². The van der Waals surface area contributed by atoms with Crippen molar-refractivity contribution in [2.24, 2.45) is 0 Å². The molecule has 1 unspecified atom stereocenters. The van der Waals surface area contributed by atoms with Crippen molar-refractivity contribution in [2.75, 3.05) is 5.75 Å². The molecule has 4 rings (SSSR count). The Morgan fingerprint density at radius 1 is 1.22 bits per heavy atom. The number of hydrogen-bond donors (Lipinski definition) is 2. The van der Waals surface area contributed by atoms with E-state index in [4.69, 9.17) is 11.6 Å². The van der Waals surface area contributed by atoms with Crippen molar-refractivity contribution in [1.82, 2.24) is 24.4 Å². The average Bonchev–Trinajstić information content (AvgIpc) is 3.09. The first-order chi connectivity index (χ1) is 13.0. The second-order valence-electron chi connectivity index (χ2n) is 5.80. The molecule has 3 heterocycles.